The lowest BCUT2D eigenvalue weighted by atomic mass is 9.98. The molecule has 110 valence electrons. The first kappa shape index (κ1) is 16.4. The van der Waals surface area contributed by atoms with Gasteiger partial charge in [-0.15, -0.1) is 0 Å². The van der Waals surface area contributed by atoms with Gasteiger partial charge in [-0.25, -0.2) is 0 Å². The Hall–Kier alpha value is -0.630. The fraction of sp³-hybridized carbons (Fsp3) is 0.933. The third-order valence-corrected chi connectivity index (χ3v) is 3.83. The summed E-state index contributed by atoms with van der Waals surface area (Å²) in [6.45, 7) is 9.54. The second kappa shape index (κ2) is 7.23. The van der Waals surface area contributed by atoms with Crippen LogP contribution < -0.4 is 5.32 Å². The van der Waals surface area contributed by atoms with Gasteiger partial charge in [-0.2, -0.15) is 5.26 Å². The van der Waals surface area contributed by atoms with Gasteiger partial charge in [-0.3, -0.25) is 10.2 Å². The molecule has 4 nitrogen and oxygen atoms in total. The quantitative estimate of drug-likeness (QED) is 0.761. The summed E-state index contributed by atoms with van der Waals surface area (Å²) >= 11 is 0. The van der Waals surface area contributed by atoms with Gasteiger partial charge in [0.25, 0.3) is 0 Å². The summed E-state index contributed by atoms with van der Waals surface area (Å²) in [6, 6.07) is 3.45. The van der Waals surface area contributed by atoms with Crippen LogP contribution in [0.5, 0.6) is 0 Å². The first-order chi connectivity index (χ1) is 8.86. The molecule has 1 rings (SSSR count). The van der Waals surface area contributed by atoms with E-state index in [1.807, 2.05) is 6.92 Å². The Labute approximate surface area is 118 Å². The number of likely N-dealkylation sites (tertiary alicyclic amines) is 1. The Kier molecular flexibility index (Phi) is 6.25. The van der Waals surface area contributed by atoms with E-state index in [-0.39, 0.29) is 0 Å². The fourth-order valence-electron chi connectivity index (χ4n) is 2.98. The Bertz CT molecular complexity index is 308. The summed E-state index contributed by atoms with van der Waals surface area (Å²) in [6.07, 6.45) is 3.48. The number of nitrogens with zero attached hydrogens (tertiary/aromatic N) is 3. The lowest BCUT2D eigenvalue weighted by molar-refractivity contribution is 0.191. The van der Waals surface area contributed by atoms with Crippen LogP contribution in [0.4, 0.5) is 0 Å². The zero-order valence-corrected chi connectivity index (χ0v) is 13.2. The van der Waals surface area contributed by atoms with E-state index in [4.69, 9.17) is 0 Å². The van der Waals surface area contributed by atoms with Crippen LogP contribution in [0, 0.1) is 11.3 Å². The van der Waals surface area contributed by atoms with Gasteiger partial charge in [0.15, 0.2) is 0 Å². The van der Waals surface area contributed by atoms with Crippen molar-refractivity contribution in [2.75, 3.05) is 33.7 Å². The van der Waals surface area contributed by atoms with E-state index in [1.165, 1.54) is 19.4 Å². The lowest BCUT2D eigenvalue weighted by Crippen LogP contribution is -2.48. The van der Waals surface area contributed by atoms with Gasteiger partial charge in [0, 0.05) is 25.2 Å². The maximum Gasteiger partial charge on any atom is 0.105 e. The van der Waals surface area contributed by atoms with Gasteiger partial charge in [-0.05, 0) is 60.7 Å². The predicted octanol–water partition coefficient (Wildman–Crippen LogP) is 1.68. The predicted molar refractivity (Wildman–Crippen MR) is 80.1 cm³/mol. The minimum Gasteiger partial charge on any atom is -0.308 e. The molecule has 1 N–H and O–H groups in total. The van der Waals surface area contributed by atoms with E-state index in [0.717, 1.165) is 19.5 Å². The van der Waals surface area contributed by atoms with Crippen molar-refractivity contribution in [2.45, 2.75) is 57.7 Å². The van der Waals surface area contributed by atoms with E-state index < -0.39 is 5.54 Å². The van der Waals surface area contributed by atoms with Crippen molar-refractivity contribution < 1.29 is 0 Å². The van der Waals surface area contributed by atoms with E-state index >= 15 is 0 Å². The van der Waals surface area contributed by atoms with Crippen molar-refractivity contribution in [3.63, 3.8) is 0 Å². The third kappa shape index (κ3) is 5.48. The van der Waals surface area contributed by atoms with E-state index in [0.29, 0.717) is 12.1 Å². The molecule has 0 amide bonds. The summed E-state index contributed by atoms with van der Waals surface area (Å²) in [4.78, 5) is 4.82. The monoisotopic (exact) mass is 266 g/mol. The minimum atomic E-state index is -0.403. The maximum absolute atomic E-state index is 9.38. The van der Waals surface area contributed by atoms with Crippen LogP contribution in [-0.4, -0.2) is 61.2 Å². The van der Waals surface area contributed by atoms with Crippen LogP contribution in [0.1, 0.15) is 40.0 Å². The summed E-state index contributed by atoms with van der Waals surface area (Å²) in [5, 5.41) is 12.8. The average molecular weight is 266 g/mol. The summed E-state index contributed by atoms with van der Waals surface area (Å²) in [5.41, 5.74) is -0.403. The van der Waals surface area contributed by atoms with Crippen LogP contribution in [0.3, 0.4) is 0 Å². The highest BCUT2D eigenvalue weighted by Crippen LogP contribution is 2.20. The molecule has 0 radical (unpaired) electrons. The minimum absolute atomic E-state index is 0.348. The molecule has 1 fully saturated rings. The van der Waals surface area contributed by atoms with Crippen molar-refractivity contribution in [3.05, 3.63) is 0 Å². The standard InChI is InChI=1S/C15H30N4/c1-13(2)17-15(3,12-16)8-10-19-9-6-7-14(19)11-18(4)5/h13-14,17H,6-11H2,1-5H3. The molecular weight excluding hydrogens is 236 g/mol. The van der Waals surface area contributed by atoms with Crippen LogP contribution in [-0.2, 0) is 0 Å². The summed E-state index contributed by atoms with van der Waals surface area (Å²) < 4.78 is 0. The number of rotatable bonds is 7. The molecule has 2 unspecified atom stereocenters. The normalized spacial score (nSPS) is 23.8. The Balaban J connectivity index is 2.48. The summed E-state index contributed by atoms with van der Waals surface area (Å²) in [7, 11) is 4.27. The van der Waals surface area contributed by atoms with Gasteiger partial charge < -0.3 is 4.90 Å². The molecule has 4 heteroatoms. The third-order valence-electron chi connectivity index (χ3n) is 3.83. The largest absolute Gasteiger partial charge is 0.308 e. The highest BCUT2D eigenvalue weighted by atomic mass is 15.2. The van der Waals surface area contributed by atoms with Gasteiger partial charge >= 0.3 is 0 Å². The second-order valence-electron chi connectivity index (χ2n) is 6.59. The molecule has 0 bridgehead atoms. The van der Waals surface area contributed by atoms with Crippen molar-refractivity contribution >= 4 is 0 Å². The Morgan fingerprint density at radius 2 is 2.16 bits per heavy atom. The number of hydrogen-bond donors (Lipinski definition) is 1. The molecule has 0 spiro atoms. The maximum atomic E-state index is 9.38. The van der Waals surface area contributed by atoms with Crippen LogP contribution in [0.25, 0.3) is 0 Å². The molecule has 0 saturated carbocycles. The molecule has 1 saturated heterocycles. The van der Waals surface area contributed by atoms with Crippen molar-refractivity contribution in [3.8, 4) is 6.07 Å². The lowest BCUT2D eigenvalue weighted by Gasteiger charge is -2.31. The zero-order valence-electron chi connectivity index (χ0n) is 13.2. The Morgan fingerprint density at radius 1 is 1.47 bits per heavy atom. The van der Waals surface area contributed by atoms with Crippen LogP contribution in [0.2, 0.25) is 0 Å². The van der Waals surface area contributed by atoms with Crippen molar-refractivity contribution in [2.24, 2.45) is 0 Å². The van der Waals surface area contributed by atoms with Gasteiger partial charge in [0.1, 0.15) is 5.54 Å². The molecule has 1 heterocycles. The number of nitrogens with one attached hydrogen (secondary N) is 1. The molecule has 0 aromatic rings. The molecule has 19 heavy (non-hydrogen) atoms. The van der Waals surface area contributed by atoms with Gasteiger partial charge in [0.05, 0.1) is 6.07 Å². The van der Waals surface area contributed by atoms with Crippen LogP contribution in [0.15, 0.2) is 0 Å². The van der Waals surface area contributed by atoms with E-state index in [9.17, 15) is 5.26 Å². The zero-order chi connectivity index (χ0) is 14.5. The van der Waals surface area contributed by atoms with E-state index in [1.54, 1.807) is 0 Å². The first-order valence-electron chi connectivity index (χ1n) is 7.44. The SMILES string of the molecule is CC(C)NC(C)(C#N)CCN1CCCC1CN(C)C. The van der Waals surface area contributed by atoms with Crippen molar-refractivity contribution in [1.82, 2.24) is 15.1 Å². The smallest absolute Gasteiger partial charge is 0.105 e. The molecule has 2 atom stereocenters. The molecule has 1 aliphatic heterocycles. The highest BCUT2D eigenvalue weighted by Gasteiger charge is 2.29. The number of likely N-dealkylation sites (N-methyl/N-ethyl adjacent to an activating group) is 1. The molecule has 0 aromatic carbocycles. The Morgan fingerprint density at radius 3 is 2.68 bits per heavy atom. The van der Waals surface area contributed by atoms with Gasteiger partial charge in [-0.1, -0.05) is 0 Å². The second-order valence-corrected chi connectivity index (χ2v) is 6.59. The van der Waals surface area contributed by atoms with Gasteiger partial charge in [0.2, 0.25) is 0 Å². The topological polar surface area (TPSA) is 42.3 Å². The first-order valence-corrected chi connectivity index (χ1v) is 7.44. The molecule has 1 aliphatic rings. The molecule has 0 aliphatic carbocycles. The number of nitriles is 1. The van der Waals surface area contributed by atoms with Crippen LogP contribution >= 0.6 is 0 Å². The number of hydrogen-bond acceptors (Lipinski definition) is 4. The van der Waals surface area contributed by atoms with Crippen molar-refractivity contribution in [1.29, 1.82) is 5.26 Å². The molecule has 0 aromatic heterocycles. The fourth-order valence-corrected chi connectivity index (χ4v) is 2.98. The molecular formula is C15H30N4. The van der Waals surface area contributed by atoms with E-state index in [2.05, 4.69) is 49.1 Å². The average Bonchev–Trinajstić information content (AvgIpc) is 2.72. The summed E-state index contributed by atoms with van der Waals surface area (Å²) in [5.74, 6) is 0. The highest BCUT2D eigenvalue weighted by molar-refractivity contribution is 5.05.